The zero-order valence-electron chi connectivity index (χ0n) is 16.8. The predicted molar refractivity (Wildman–Crippen MR) is 110 cm³/mol. The first-order valence-corrected chi connectivity index (χ1v) is 9.94. The summed E-state index contributed by atoms with van der Waals surface area (Å²) in [6.45, 7) is -0.419. The Morgan fingerprint density at radius 1 is 1.16 bits per heavy atom. The van der Waals surface area contributed by atoms with E-state index in [0.29, 0.717) is 11.4 Å². The fourth-order valence-electron chi connectivity index (χ4n) is 3.03. The van der Waals surface area contributed by atoms with Gasteiger partial charge in [0.1, 0.15) is 27.8 Å². The highest BCUT2D eigenvalue weighted by atomic mass is 32.1. The zero-order valence-corrected chi connectivity index (χ0v) is 17.7. The van der Waals surface area contributed by atoms with Crippen molar-refractivity contribution < 1.29 is 38.1 Å². The van der Waals surface area contributed by atoms with E-state index in [1.54, 1.807) is 24.3 Å². The molecule has 0 spiro atoms. The average molecular weight is 448 g/mol. The zero-order chi connectivity index (χ0) is 22.5. The number of ether oxygens (including phenoxy) is 4. The minimum Gasteiger partial charge on any atom is -0.482 e. The fourth-order valence-corrected chi connectivity index (χ4v) is 4.01. The first kappa shape index (κ1) is 22.1. The summed E-state index contributed by atoms with van der Waals surface area (Å²) in [6, 6.07) is 7.00. The number of hydrogen-bond acceptors (Lipinski definition) is 10. The van der Waals surface area contributed by atoms with Crippen LogP contribution in [0.4, 0.5) is 10.7 Å². The smallest absolute Gasteiger partial charge is 0.348 e. The van der Waals surface area contributed by atoms with Gasteiger partial charge in [-0.05, 0) is 12.1 Å². The molecule has 1 aromatic heterocycles. The normalized spacial score (nSPS) is 12.6. The highest BCUT2D eigenvalue weighted by Crippen LogP contribution is 2.33. The summed E-state index contributed by atoms with van der Waals surface area (Å²) in [5, 5.41) is 0.0498. The summed E-state index contributed by atoms with van der Waals surface area (Å²) in [5.41, 5.74) is 6.49. The molecule has 0 saturated carbocycles. The van der Waals surface area contributed by atoms with E-state index in [2.05, 4.69) is 0 Å². The van der Waals surface area contributed by atoms with Gasteiger partial charge in [0.25, 0.3) is 5.91 Å². The maximum Gasteiger partial charge on any atom is 0.348 e. The van der Waals surface area contributed by atoms with Gasteiger partial charge in [-0.2, -0.15) is 0 Å². The number of hydrogen-bond donors (Lipinski definition) is 1. The second-order valence-corrected chi connectivity index (χ2v) is 7.40. The highest BCUT2D eigenvalue weighted by molar-refractivity contribution is 7.18. The number of amides is 1. The van der Waals surface area contributed by atoms with Crippen molar-refractivity contribution in [3.8, 4) is 5.75 Å². The Bertz CT molecular complexity index is 1030. The molecule has 0 fully saturated rings. The van der Waals surface area contributed by atoms with Crippen LogP contribution in [0, 0.1) is 0 Å². The minimum absolute atomic E-state index is 0.0435. The largest absolute Gasteiger partial charge is 0.482 e. The van der Waals surface area contributed by atoms with Crippen molar-refractivity contribution in [3.05, 3.63) is 40.3 Å². The standard InChI is InChI=1S/C20H20N2O8S/c1-27-19(25)16-11(17(20(26)28-2)31-18(16)21)9-30-15(24)7-8-22-12-5-3-4-6-13(12)29-10-14(22)23/h3-6H,7-10,21H2,1-2H3. The molecule has 0 bridgehead atoms. The second-order valence-electron chi connectivity index (χ2n) is 6.34. The van der Waals surface area contributed by atoms with E-state index in [9.17, 15) is 19.2 Å². The number of nitrogen functional groups attached to an aromatic ring is 1. The Morgan fingerprint density at radius 2 is 1.87 bits per heavy atom. The summed E-state index contributed by atoms with van der Waals surface area (Å²) >= 11 is 0.842. The number of esters is 3. The number of thiophene rings is 1. The van der Waals surface area contributed by atoms with Gasteiger partial charge in [-0.25, -0.2) is 9.59 Å². The quantitative estimate of drug-likeness (QED) is 0.496. The van der Waals surface area contributed by atoms with Crippen molar-refractivity contribution in [1.29, 1.82) is 0 Å². The van der Waals surface area contributed by atoms with Crippen molar-refractivity contribution in [3.63, 3.8) is 0 Å². The Labute approximate surface area is 181 Å². The maximum absolute atomic E-state index is 12.3. The number of nitrogens with two attached hydrogens (primary N) is 1. The van der Waals surface area contributed by atoms with Crippen molar-refractivity contribution in [1.82, 2.24) is 0 Å². The molecule has 0 saturated heterocycles. The fraction of sp³-hybridized carbons (Fsp3) is 0.300. The van der Waals surface area contributed by atoms with Crippen LogP contribution in [-0.2, 0) is 30.4 Å². The third-order valence-electron chi connectivity index (χ3n) is 4.52. The molecule has 31 heavy (non-hydrogen) atoms. The first-order chi connectivity index (χ1) is 14.9. The number of methoxy groups -OCH3 is 2. The lowest BCUT2D eigenvalue weighted by atomic mass is 10.1. The molecule has 2 aromatic rings. The maximum atomic E-state index is 12.3. The minimum atomic E-state index is -0.759. The topological polar surface area (TPSA) is 134 Å². The second kappa shape index (κ2) is 9.47. The van der Waals surface area contributed by atoms with Crippen LogP contribution >= 0.6 is 11.3 Å². The molecule has 1 amide bonds. The van der Waals surface area contributed by atoms with Crippen molar-refractivity contribution in [2.75, 3.05) is 38.0 Å². The van der Waals surface area contributed by atoms with E-state index in [4.69, 9.17) is 24.7 Å². The van der Waals surface area contributed by atoms with E-state index < -0.39 is 17.9 Å². The molecule has 2 heterocycles. The van der Waals surface area contributed by atoms with E-state index in [-0.39, 0.29) is 53.1 Å². The monoisotopic (exact) mass is 448 g/mol. The summed E-state index contributed by atoms with van der Waals surface area (Å²) in [5.74, 6) is -1.83. The summed E-state index contributed by atoms with van der Waals surface area (Å²) < 4.78 is 20.0. The molecule has 11 heteroatoms. The number of para-hydroxylation sites is 2. The predicted octanol–water partition coefficient (Wildman–Crippen LogP) is 1.76. The van der Waals surface area contributed by atoms with E-state index in [1.165, 1.54) is 19.1 Å². The third-order valence-corrected chi connectivity index (χ3v) is 5.56. The average Bonchev–Trinajstić information content (AvgIpc) is 3.11. The Hall–Kier alpha value is -3.60. The SMILES string of the molecule is COC(=O)c1sc(N)c(C(=O)OC)c1COC(=O)CCN1C(=O)COc2ccccc21. The van der Waals surface area contributed by atoms with E-state index in [1.807, 2.05) is 0 Å². The van der Waals surface area contributed by atoms with E-state index >= 15 is 0 Å². The summed E-state index contributed by atoms with van der Waals surface area (Å²) in [7, 11) is 2.35. The van der Waals surface area contributed by atoms with Crippen molar-refractivity contribution in [2.24, 2.45) is 0 Å². The van der Waals surface area contributed by atoms with Crippen LogP contribution in [0.25, 0.3) is 0 Å². The molecule has 0 atom stereocenters. The number of anilines is 2. The van der Waals surface area contributed by atoms with Crippen LogP contribution in [0.2, 0.25) is 0 Å². The molecule has 3 rings (SSSR count). The number of benzene rings is 1. The summed E-state index contributed by atoms with van der Waals surface area (Å²) in [6.07, 6.45) is -0.110. The van der Waals surface area contributed by atoms with Gasteiger partial charge < -0.3 is 29.6 Å². The van der Waals surface area contributed by atoms with Gasteiger partial charge in [0, 0.05) is 12.1 Å². The lowest BCUT2D eigenvalue weighted by Gasteiger charge is -2.28. The lowest BCUT2D eigenvalue weighted by Crippen LogP contribution is -2.40. The lowest BCUT2D eigenvalue weighted by molar-refractivity contribution is -0.144. The number of carbonyl (C=O) groups is 4. The molecule has 0 unspecified atom stereocenters. The first-order valence-electron chi connectivity index (χ1n) is 9.13. The van der Waals surface area contributed by atoms with Gasteiger partial charge in [0.15, 0.2) is 6.61 Å². The number of nitrogens with zero attached hydrogens (tertiary/aromatic N) is 1. The molecular formula is C20H20N2O8S. The Kier molecular flexibility index (Phi) is 6.75. The van der Waals surface area contributed by atoms with Gasteiger partial charge in [0.2, 0.25) is 0 Å². The molecule has 2 N–H and O–H groups in total. The summed E-state index contributed by atoms with van der Waals surface area (Å²) in [4.78, 5) is 50.1. The Balaban J connectivity index is 1.70. The van der Waals surface area contributed by atoms with Gasteiger partial charge in [0.05, 0.1) is 26.3 Å². The van der Waals surface area contributed by atoms with Crippen molar-refractivity contribution in [2.45, 2.75) is 13.0 Å². The van der Waals surface area contributed by atoms with Crippen LogP contribution in [0.3, 0.4) is 0 Å². The van der Waals surface area contributed by atoms with Crippen LogP contribution in [0.1, 0.15) is 32.0 Å². The van der Waals surface area contributed by atoms with Crippen LogP contribution in [0.5, 0.6) is 5.75 Å². The molecule has 0 aliphatic carbocycles. The van der Waals surface area contributed by atoms with Crippen LogP contribution in [-0.4, -0.2) is 51.2 Å². The molecular weight excluding hydrogens is 428 g/mol. The van der Waals surface area contributed by atoms with Gasteiger partial charge in [-0.15, -0.1) is 11.3 Å². The molecule has 10 nitrogen and oxygen atoms in total. The van der Waals surface area contributed by atoms with Crippen LogP contribution in [0.15, 0.2) is 24.3 Å². The number of fused-ring (bicyclic) bond motifs is 1. The Morgan fingerprint density at radius 3 is 2.58 bits per heavy atom. The third kappa shape index (κ3) is 4.61. The van der Waals surface area contributed by atoms with Gasteiger partial charge in [-0.3, -0.25) is 9.59 Å². The van der Waals surface area contributed by atoms with Gasteiger partial charge >= 0.3 is 17.9 Å². The highest BCUT2D eigenvalue weighted by Gasteiger charge is 2.29. The van der Waals surface area contributed by atoms with E-state index in [0.717, 1.165) is 11.3 Å². The molecule has 1 aromatic carbocycles. The van der Waals surface area contributed by atoms with Crippen LogP contribution < -0.4 is 15.4 Å². The molecule has 1 aliphatic heterocycles. The molecule has 1 aliphatic rings. The molecule has 164 valence electrons. The number of carbonyl (C=O) groups excluding carboxylic acids is 4. The molecule has 0 radical (unpaired) electrons. The number of rotatable bonds is 7. The van der Waals surface area contributed by atoms with Gasteiger partial charge in [-0.1, -0.05) is 12.1 Å². The van der Waals surface area contributed by atoms with Crippen molar-refractivity contribution >= 4 is 45.8 Å².